The molecule has 0 aliphatic rings. The van der Waals surface area contributed by atoms with Crippen LogP contribution in [0.25, 0.3) is 0 Å². The second kappa shape index (κ2) is 6.11. The Balaban J connectivity index is 1.96. The van der Waals surface area contributed by atoms with Crippen LogP contribution in [0.15, 0.2) is 29.7 Å². The highest BCUT2D eigenvalue weighted by Gasteiger charge is 2.07. The Hall–Kier alpha value is -2.48. The van der Waals surface area contributed by atoms with Gasteiger partial charge in [0.05, 0.1) is 6.54 Å². The summed E-state index contributed by atoms with van der Waals surface area (Å²) in [6.45, 7) is 0.781. The highest BCUT2D eigenvalue weighted by molar-refractivity contribution is 5.97. The van der Waals surface area contributed by atoms with Gasteiger partial charge in [0.1, 0.15) is 12.1 Å². The number of nitrogens with zero attached hydrogens (tertiary/aromatic N) is 4. The Labute approximate surface area is 114 Å². The van der Waals surface area contributed by atoms with Crippen LogP contribution in [0.2, 0.25) is 0 Å². The van der Waals surface area contributed by atoms with Gasteiger partial charge in [0.15, 0.2) is 11.7 Å². The van der Waals surface area contributed by atoms with Crippen LogP contribution in [0.1, 0.15) is 17.0 Å². The number of oxime groups is 1. The van der Waals surface area contributed by atoms with Crippen molar-refractivity contribution >= 4 is 5.84 Å². The number of hydrogen-bond acceptors (Lipinski definition) is 5. The molecule has 0 saturated heterocycles. The molecule has 8 heteroatoms. The summed E-state index contributed by atoms with van der Waals surface area (Å²) >= 11 is 0. The first-order valence-corrected chi connectivity index (χ1v) is 5.91. The van der Waals surface area contributed by atoms with E-state index in [9.17, 15) is 4.39 Å². The van der Waals surface area contributed by atoms with E-state index in [1.165, 1.54) is 6.07 Å². The quantitative estimate of drug-likeness (QED) is 0.317. The zero-order chi connectivity index (χ0) is 14.5. The Kier molecular flexibility index (Phi) is 4.26. The fraction of sp³-hybridized carbons (Fsp3) is 0.250. The molecule has 0 bridgehead atoms. The van der Waals surface area contributed by atoms with Crippen molar-refractivity contribution < 1.29 is 9.60 Å². The number of hydrogen-bond donors (Lipinski definition) is 3. The number of amidine groups is 1. The molecule has 7 nitrogen and oxygen atoms in total. The average Bonchev–Trinajstić information content (AvgIpc) is 2.85. The number of rotatable bonds is 5. The lowest BCUT2D eigenvalue weighted by molar-refractivity contribution is 0.318. The molecule has 1 aromatic heterocycles. The standard InChI is InChI=1S/C12H15FN6O/c1-19-7-16-11(17-19)6-15-5-9-3-2-8(4-10(9)13)12(14)18-20/h2-4,7,15,20H,5-6H2,1H3,(H2,14,18). The minimum atomic E-state index is -0.421. The molecule has 0 saturated carbocycles. The Bertz CT molecular complexity index is 624. The van der Waals surface area contributed by atoms with E-state index < -0.39 is 5.82 Å². The molecule has 4 N–H and O–H groups in total. The van der Waals surface area contributed by atoms with E-state index in [-0.39, 0.29) is 5.84 Å². The van der Waals surface area contributed by atoms with Crippen LogP contribution in [0.3, 0.4) is 0 Å². The van der Waals surface area contributed by atoms with Crippen molar-refractivity contribution in [2.75, 3.05) is 0 Å². The van der Waals surface area contributed by atoms with Gasteiger partial charge in [0.25, 0.3) is 0 Å². The third-order valence-electron chi connectivity index (χ3n) is 2.70. The molecular weight excluding hydrogens is 263 g/mol. The van der Waals surface area contributed by atoms with Crippen LogP contribution in [0.4, 0.5) is 4.39 Å². The molecule has 20 heavy (non-hydrogen) atoms. The van der Waals surface area contributed by atoms with Gasteiger partial charge in [-0.3, -0.25) is 4.68 Å². The number of benzene rings is 1. The number of aromatic nitrogens is 3. The highest BCUT2D eigenvalue weighted by atomic mass is 19.1. The third kappa shape index (κ3) is 3.29. The SMILES string of the molecule is Cn1cnc(CNCc2ccc(/C(N)=N/O)cc2F)n1. The molecule has 1 aromatic carbocycles. The van der Waals surface area contributed by atoms with Crippen LogP contribution in [0.5, 0.6) is 0 Å². The van der Waals surface area contributed by atoms with Crippen LogP contribution in [-0.2, 0) is 20.1 Å². The zero-order valence-electron chi connectivity index (χ0n) is 10.9. The second-order valence-corrected chi connectivity index (χ2v) is 4.23. The van der Waals surface area contributed by atoms with Gasteiger partial charge in [-0.1, -0.05) is 17.3 Å². The zero-order valence-corrected chi connectivity index (χ0v) is 10.9. The molecule has 0 aliphatic heterocycles. The maximum atomic E-state index is 13.8. The fourth-order valence-corrected chi connectivity index (χ4v) is 1.68. The van der Waals surface area contributed by atoms with Gasteiger partial charge in [0, 0.05) is 24.7 Å². The summed E-state index contributed by atoms with van der Waals surface area (Å²) in [4.78, 5) is 4.05. The maximum Gasteiger partial charge on any atom is 0.170 e. The van der Waals surface area contributed by atoms with Gasteiger partial charge in [-0.15, -0.1) is 0 Å². The lowest BCUT2D eigenvalue weighted by atomic mass is 10.1. The van der Waals surface area contributed by atoms with Crippen LogP contribution >= 0.6 is 0 Å². The van der Waals surface area contributed by atoms with E-state index in [0.717, 1.165) is 0 Å². The van der Waals surface area contributed by atoms with Crippen molar-refractivity contribution in [3.8, 4) is 0 Å². The molecule has 0 spiro atoms. The Morgan fingerprint density at radius 1 is 1.50 bits per heavy atom. The summed E-state index contributed by atoms with van der Waals surface area (Å²) < 4.78 is 15.4. The topological polar surface area (TPSA) is 101 Å². The molecule has 106 valence electrons. The summed E-state index contributed by atoms with van der Waals surface area (Å²) in [6, 6.07) is 4.40. The predicted molar refractivity (Wildman–Crippen MR) is 70.5 cm³/mol. The molecule has 0 fully saturated rings. The Morgan fingerprint density at radius 3 is 2.90 bits per heavy atom. The van der Waals surface area contributed by atoms with Crippen molar-refractivity contribution in [3.05, 3.63) is 47.3 Å². The second-order valence-electron chi connectivity index (χ2n) is 4.23. The smallest absolute Gasteiger partial charge is 0.170 e. The van der Waals surface area contributed by atoms with Crippen LogP contribution in [-0.4, -0.2) is 25.8 Å². The van der Waals surface area contributed by atoms with Gasteiger partial charge < -0.3 is 16.3 Å². The molecule has 0 atom stereocenters. The highest BCUT2D eigenvalue weighted by Crippen LogP contribution is 2.10. The molecule has 0 radical (unpaired) electrons. The summed E-state index contributed by atoms with van der Waals surface area (Å²) in [6.07, 6.45) is 1.60. The normalized spacial score (nSPS) is 11.8. The van der Waals surface area contributed by atoms with E-state index in [0.29, 0.717) is 30.0 Å². The van der Waals surface area contributed by atoms with Crippen molar-refractivity contribution in [3.63, 3.8) is 0 Å². The molecule has 1 heterocycles. The van der Waals surface area contributed by atoms with E-state index >= 15 is 0 Å². The minimum Gasteiger partial charge on any atom is -0.409 e. The molecule has 0 aliphatic carbocycles. The number of aryl methyl sites for hydroxylation is 1. The molecule has 0 unspecified atom stereocenters. The first kappa shape index (κ1) is 13.9. The summed E-state index contributed by atoms with van der Waals surface area (Å²) in [5.74, 6) is 0.0952. The number of halogens is 1. The summed E-state index contributed by atoms with van der Waals surface area (Å²) in [7, 11) is 1.78. The van der Waals surface area contributed by atoms with Crippen molar-refractivity contribution in [2.24, 2.45) is 17.9 Å². The average molecular weight is 278 g/mol. The number of nitrogens with two attached hydrogens (primary N) is 1. The monoisotopic (exact) mass is 278 g/mol. The molecule has 2 aromatic rings. The molecular formula is C12H15FN6O. The van der Waals surface area contributed by atoms with Gasteiger partial charge in [-0.25, -0.2) is 9.37 Å². The van der Waals surface area contributed by atoms with Crippen molar-refractivity contribution in [2.45, 2.75) is 13.1 Å². The molecule has 2 rings (SSSR count). The van der Waals surface area contributed by atoms with Crippen LogP contribution in [0, 0.1) is 5.82 Å². The van der Waals surface area contributed by atoms with E-state index in [1.54, 1.807) is 30.2 Å². The van der Waals surface area contributed by atoms with Gasteiger partial charge in [-0.2, -0.15) is 5.10 Å². The van der Waals surface area contributed by atoms with E-state index in [2.05, 4.69) is 20.6 Å². The maximum absolute atomic E-state index is 13.8. The van der Waals surface area contributed by atoms with Gasteiger partial charge in [-0.05, 0) is 6.07 Å². The summed E-state index contributed by atoms with van der Waals surface area (Å²) in [5, 5.41) is 18.5. The minimum absolute atomic E-state index is 0.124. The van der Waals surface area contributed by atoms with E-state index in [4.69, 9.17) is 10.9 Å². The fourth-order valence-electron chi connectivity index (χ4n) is 1.68. The molecule has 0 amide bonds. The number of nitrogens with one attached hydrogen (secondary N) is 1. The van der Waals surface area contributed by atoms with Crippen molar-refractivity contribution in [1.82, 2.24) is 20.1 Å². The first-order valence-electron chi connectivity index (χ1n) is 5.91. The largest absolute Gasteiger partial charge is 0.409 e. The first-order chi connectivity index (χ1) is 9.60. The third-order valence-corrected chi connectivity index (χ3v) is 2.70. The lowest BCUT2D eigenvalue weighted by Crippen LogP contribution is -2.17. The Morgan fingerprint density at radius 2 is 2.30 bits per heavy atom. The predicted octanol–water partition coefficient (Wildman–Crippen LogP) is 0.338. The lowest BCUT2D eigenvalue weighted by Gasteiger charge is -2.06. The van der Waals surface area contributed by atoms with Gasteiger partial charge >= 0.3 is 0 Å². The summed E-state index contributed by atoms with van der Waals surface area (Å²) in [5.41, 5.74) is 6.21. The van der Waals surface area contributed by atoms with Gasteiger partial charge in [0.2, 0.25) is 0 Å². The van der Waals surface area contributed by atoms with Crippen LogP contribution < -0.4 is 11.1 Å². The van der Waals surface area contributed by atoms with E-state index in [1.807, 2.05) is 0 Å². The van der Waals surface area contributed by atoms with Crippen molar-refractivity contribution in [1.29, 1.82) is 0 Å².